The maximum Gasteiger partial charge on any atom is 0.222 e. The van der Waals surface area contributed by atoms with Crippen LogP contribution in [0, 0.1) is 11.7 Å². The van der Waals surface area contributed by atoms with Gasteiger partial charge in [-0.2, -0.15) is 0 Å². The van der Waals surface area contributed by atoms with Gasteiger partial charge >= 0.3 is 0 Å². The third kappa shape index (κ3) is 5.55. The smallest absolute Gasteiger partial charge is 0.222 e. The van der Waals surface area contributed by atoms with Crippen LogP contribution in [0.25, 0.3) is 0 Å². The fourth-order valence-corrected chi connectivity index (χ4v) is 3.47. The summed E-state index contributed by atoms with van der Waals surface area (Å²) < 4.78 is 12.9. The second-order valence-electron chi connectivity index (χ2n) is 7.26. The first kappa shape index (κ1) is 19.9. The molecule has 5 nitrogen and oxygen atoms in total. The minimum atomic E-state index is -0.272. The summed E-state index contributed by atoms with van der Waals surface area (Å²) in [5.74, 6) is -0.626. The first-order valence-corrected chi connectivity index (χ1v) is 9.65. The number of piperidine rings is 1. The SMILES string of the molecule is NC(=O)[C@H]1CCCN(c2ccc(CNC(=O)CCc3ccc(F)cc3)cc2)C1. The van der Waals surface area contributed by atoms with E-state index in [1.54, 1.807) is 12.1 Å². The largest absolute Gasteiger partial charge is 0.371 e. The molecule has 2 aromatic rings. The lowest BCUT2D eigenvalue weighted by atomic mass is 9.97. The van der Waals surface area contributed by atoms with E-state index in [0.29, 0.717) is 25.9 Å². The summed E-state index contributed by atoms with van der Waals surface area (Å²) in [6.07, 6.45) is 2.76. The number of carbonyl (C=O) groups excluding carboxylic acids is 2. The standard InChI is InChI=1S/C22H26FN3O2/c23-19-8-3-16(4-9-19)7-12-21(27)25-14-17-5-10-20(11-6-17)26-13-1-2-18(15-26)22(24)28/h3-6,8-11,18H,1-2,7,12-15H2,(H2,24,28)(H,25,27)/t18-/m0/s1. The molecular formula is C22H26FN3O2. The van der Waals surface area contributed by atoms with Crippen LogP contribution in [-0.4, -0.2) is 24.9 Å². The summed E-state index contributed by atoms with van der Waals surface area (Å²) in [6.45, 7) is 2.05. The minimum Gasteiger partial charge on any atom is -0.371 e. The van der Waals surface area contributed by atoms with Gasteiger partial charge in [0, 0.05) is 31.7 Å². The highest BCUT2D eigenvalue weighted by Crippen LogP contribution is 2.23. The van der Waals surface area contributed by atoms with Crippen LogP contribution >= 0.6 is 0 Å². The molecule has 0 spiro atoms. The first-order valence-electron chi connectivity index (χ1n) is 9.65. The normalized spacial score (nSPS) is 16.6. The molecule has 3 N–H and O–H groups in total. The summed E-state index contributed by atoms with van der Waals surface area (Å²) in [7, 11) is 0. The van der Waals surface area contributed by atoms with Crippen molar-refractivity contribution < 1.29 is 14.0 Å². The Morgan fingerprint density at radius 1 is 1.07 bits per heavy atom. The van der Waals surface area contributed by atoms with Gasteiger partial charge in [-0.15, -0.1) is 0 Å². The zero-order chi connectivity index (χ0) is 19.9. The lowest BCUT2D eigenvalue weighted by Crippen LogP contribution is -2.41. The molecule has 1 saturated heterocycles. The number of hydrogen-bond donors (Lipinski definition) is 2. The molecular weight excluding hydrogens is 357 g/mol. The molecule has 28 heavy (non-hydrogen) atoms. The molecule has 1 atom stereocenters. The average molecular weight is 383 g/mol. The van der Waals surface area contributed by atoms with E-state index in [2.05, 4.69) is 10.2 Å². The number of hydrogen-bond acceptors (Lipinski definition) is 3. The minimum absolute atomic E-state index is 0.0336. The molecule has 1 aliphatic heterocycles. The van der Waals surface area contributed by atoms with Gasteiger partial charge in [0.15, 0.2) is 0 Å². The fourth-order valence-electron chi connectivity index (χ4n) is 3.47. The van der Waals surface area contributed by atoms with Crippen molar-refractivity contribution in [3.8, 4) is 0 Å². The Morgan fingerprint density at radius 2 is 1.75 bits per heavy atom. The van der Waals surface area contributed by atoms with Crippen molar-refractivity contribution in [3.63, 3.8) is 0 Å². The summed E-state index contributed by atoms with van der Waals surface area (Å²) in [6, 6.07) is 14.2. The highest BCUT2D eigenvalue weighted by Gasteiger charge is 2.23. The number of benzene rings is 2. The molecule has 1 heterocycles. The Bertz CT molecular complexity index is 806. The van der Waals surface area contributed by atoms with E-state index >= 15 is 0 Å². The molecule has 1 aliphatic rings. The number of carbonyl (C=O) groups is 2. The van der Waals surface area contributed by atoms with Crippen molar-refractivity contribution >= 4 is 17.5 Å². The van der Waals surface area contributed by atoms with Crippen molar-refractivity contribution in [3.05, 3.63) is 65.5 Å². The van der Waals surface area contributed by atoms with Gasteiger partial charge in [0.25, 0.3) is 0 Å². The van der Waals surface area contributed by atoms with E-state index in [-0.39, 0.29) is 23.5 Å². The lowest BCUT2D eigenvalue weighted by Gasteiger charge is -2.33. The number of nitrogens with two attached hydrogens (primary N) is 1. The van der Waals surface area contributed by atoms with Crippen LogP contribution in [0.5, 0.6) is 0 Å². The lowest BCUT2D eigenvalue weighted by molar-refractivity contribution is -0.122. The van der Waals surface area contributed by atoms with Crippen molar-refractivity contribution in [2.45, 2.75) is 32.2 Å². The highest BCUT2D eigenvalue weighted by atomic mass is 19.1. The number of nitrogens with one attached hydrogen (secondary N) is 1. The Kier molecular flexibility index (Phi) is 6.63. The maximum atomic E-state index is 12.9. The van der Waals surface area contributed by atoms with Gasteiger partial charge < -0.3 is 16.0 Å². The van der Waals surface area contributed by atoms with Gasteiger partial charge in [0.05, 0.1) is 5.92 Å². The number of anilines is 1. The van der Waals surface area contributed by atoms with Gasteiger partial charge in [0.2, 0.25) is 11.8 Å². The van der Waals surface area contributed by atoms with Gasteiger partial charge in [-0.1, -0.05) is 24.3 Å². The second-order valence-corrected chi connectivity index (χ2v) is 7.26. The highest BCUT2D eigenvalue weighted by molar-refractivity contribution is 5.77. The van der Waals surface area contributed by atoms with Crippen LogP contribution in [0.2, 0.25) is 0 Å². The number of aryl methyl sites for hydroxylation is 1. The Labute approximate surface area is 164 Å². The zero-order valence-electron chi connectivity index (χ0n) is 15.9. The molecule has 1 fully saturated rings. The predicted octanol–water partition coefficient (Wildman–Crippen LogP) is 2.78. The van der Waals surface area contributed by atoms with Crippen LogP contribution in [-0.2, 0) is 22.6 Å². The molecule has 0 unspecified atom stereocenters. The molecule has 148 valence electrons. The maximum absolute atomic E-state index is 12.9. The monoisotopic (exact) mass is 383 g/mol. The van der Waals surface area contributed by atoms with E-state index in [9.17, 15) is 14.0 Å². The topological polar surface area (TPSA) is 75.4 Å². The second kappa shape index (κ2) is 9.35. The molecule has 3 rings (SSSR count). The third-order valence-electron chi connectivity index (χ3n) is 5.17. The zero-order valence-corrected chi connectivity index (χ0v) is 15.9. The summed E-state index contributed by atoms with van der Waals surface area (Å²) in [5, 5.41) is 2.91. The number of halogens is 1. The number of primary amides is 1. The van der Waals surface area contributed by atoms with Crippen LogP contribution in [0.15, 0.2) is 48.5 Å². The van der Waals surface area contributed by atoms with Crippen LogP contribution in [0.4, 0.5) is 10.1 Å². The summed E-state index contributed by atoms with van der Waals surface area (Å²) in [4.78, 5) is 25.6. The first-order chi connectivity index (χ1) is 13.5. The van der Waals surface area contributed by atoms with Crippen molar-refractivity contribution in [2.75, 3.05) is 18.0 Å². The molecule has 0 aromatic heterocycles. The van der Waals surface area contributed by atoms with Crippen molar-refractivity contribution in [1.82, 2.24) is 5.32 Å². The summed E-state index contributed by atoms with van der Waals surface area (Å²) >= 11 is 0. The summed E-state index contributed by atoms with van der Waals surface area (Å²) in [5.41, 5.74) is 8.47. The number of rotatable bonds is 7. The van der Waals surface area contributed by atoms with Crippen LogP contribution in [0.1, 0.15) is 30.4 Å². The van der Waals surface area contributed by atoms with E-state index in [1.807, 2.05) is 24.3 Å². The predicted molar refractivity (Wildman–Crippen MR) is 107 cm³/mol. The Hall–Kier alpha value is -2.89. The average Bonchev–Trinajstić information content (AvgIpc) is 2.72. The van der Waals surface area contributed by atoms with E-state index in [4.69, 9.17) is 5.73 Å². The van der Waals surface area contributed by atoms with E-state index < -0.39 is 0 Å². The molecule has 2 aromatic carbocycles. The van der Waals surface area contributed by atoms with Gasteiger partial charge in [-0.05, 0) is 54.7 Å². The molecule has 0 saturated carbocycles. The van der Waals surface area contributed by atoms with Crippen LogP contribution in [0.3, 0.4) is 0 Å². The van der Waals surface area contributed by atoms with E-state index in [0.717, 1.165) is 36.2 Å². The Balaban J connectivity index is 1.45. The molecule has 2 amide bonds. The van der Waals surface area contributed by atoms with Crippen molar-refractivity contribution in [2.24, 2.45) is 11.7 Å². The Morgan fingerprint density at radius 3 is 2.43 bits per heavy atom. The van der Waals surface area contributed by atoms with Crippen molar-refractivity contribution in [1.29, 1.82) is 0 Å². The molecule has 0 radical (unpaired) electrons. The fraction of sp³-hybridized carbons (Fsp3) is 0.364. The van der Waals surface area contributed by atoms with E-state index in [1.165, 1.54) is 12.1 Å². The third-order valence-corrected chi connectivity index (χ3v) is 5.17. The van der Waals surface area contributed by atoms with Gasteiger partial charge in [-0.25, -0.2) is 4.39 Å². The molecule has 6 heteroatoms. The molecule has 0 aliphatic carbocycles. The number of nitrogens with zero attached hydrogens (tertiary/aromatic N) is 1. The quantitative estimate of drug-likeness (QED) is 0.772. The molecule has 0 bridgehead atoms. The number of amides is 2. The van der Waals surface area contributed by atoms with Crippen LogP contribution < -0.4 is 16.0 Å². The van der Waals surface area contributed by atoms with Gasteiger partial charge in [-0.3, -0.25) is 9.59 Å². The van der Waals surface area contributed by atoms with Gasteiger partial charge in [0.1, 0.15) is 5.82 Å².